The van der Waals surface area contributed by atoms with Crippen LogP contribution in [-0.2, 0) is 0 Å². The van der Waals surface area contributed by atoms with E-state index < -0.39 is 16.7 Å². The van der Waals surface area contributed by atoms with Gasteiger partial charge >= 0.3 is 0 Å². The van der Waals surface area contributed by atoms with Gasteiger partial charge in [-0.3, -0.25) is 19.2 Å². The fourth-order valence-corrected chi connectivity index (χ4v) is 6.73. The lowest BCUT2D eigenvalue weighted by atomic mass is 9.99. The summed E-state index contributed by atoms with van der Waals surface area (Å²) in [4.78, 5) is 54.8. The van der Waals surface area contributed by atoms with Crippen LogP contribution in [0.1, 0.15) is 0 Å². The first-order chi connectivity index (χ1) is 20.0. The molecule has 0 amide bonds. The summed E-state index contributed by atoms with van der Waals surface area (Å²) < 4.78 is 20.3. The molecule has 0 N–H and O–H groups in total. The first-order valence-electron chi connectivity index (χ1n) is 13.1. The van der Waals surface area contributed by atoms with Crippen molar-refractivity contribution in [2.45, 2.75) is 0 Å². The smallest absolute Gasteiger partial charge is 0.200 e. The largest absolute Gasteiger partial charge is 0.307 e. The predicted octanol–water partition coefficient (Wildman–Crippen LogP) is 5.57. The summed E-state index contributed by atoms with van der Waals surface area (Å²) in [7, 11) is 0. The third-order valence-electron chi connectivity index (χ3n) is 8.44. The zero-order valence-electron chi connectivity index (χ0n) is 21.1. The molecule has 0 aliphatic carbocycles. The number of hydrogen-bond acceptors (Lipinski definition) is 4. The summed E-state index contributed by atoms with van der Waals surface area (Å²) in [6, 6.07) is 25.4. The summed E-state index contributed by atoms with van der Waals surface area (Å²) >= 11 is 0. The fourth-order valence-electron chi connectivity index (χ4n) is 6.73. The fraction of sp³-hybridized carbons (Fsp3) is 0. The first-order valence-corrected chi connectivity index (χ1v) is 13.1. The summed E-state index contributed by atoms with van der Waals surface area (Å²) in [5, 5.41) is 1.46. The van der Waals surface area contributed by atoms with E-state index in [-0.39, 0.29) is 43.4 Å². The van der Waals surface area contributed by atoms with Crippen molar-refractivity contribution < 1.29 is 4.39 Å². The molecule has 41 heavy (non-hydrogen) atoms. The van der Waals surface area contributed by atoms with E-state index in [2.05, 4.69) is 0 Å². The molecule has 9 aromatic rings. The van der Waals surface area contributed by atoms with Gasteiger partial charge in [0.25, 0.3) is 0 Å². The second kappa shape index (κ2) is 7.28. The van der Waals surface area contributed by atoms with Gasteiger partial charge in [-0.15, -0.1) is 0 Å². The monoisotopic (exact) mass is 534 g/mol. The maximum absolute atomic E-state index is 16.9. The lowest BCUT2D eigenvalue weighted by Crippen LogP contribution is -2.18. The molecule has 0 saturated carbocycles. The summed E-state index contributed by atoms with van der Waals surface area (Å²) in [5.41, 5.74) is 0.649. The molecule has 0 atom stereocenters. The van der Waals surface area contributed by atoms with Crippen LogP contribution < -0.4 is 21.7 Å². The lowest BCUT2D eigenvalue weighted by Gasteiger charge is -2.18. The molecular weight excluding hydrogens is 519 g/mol. The van der Waals surface area contributed by atoms with E-state index >= 15 is 4.39 Å². The number of halogens is 1. The molecule has 5 aromatic carbocycles. The number of fused-ring (bicyclic) bond motifs is 8. The molecule has 0 fully saturated rings. The number of benzene rings is 5. The second-order valence-corrected chi connectivity index (χ2v) is 10.4. The Hall–Kier alpha value is -5.69. The third kappa shape index (κ3) is 2.47. The van der Waals surface area contributed by atoms with Crippen LogP contribution in [0, 0.1) is 5.82 Å². The minimum Gasteiger partial charge on any atom is -0.307 e. The highest BCUT2D eigenvalue weighted by atomic mass is 19.1. The highest BCUT2D eigenvalue weighted by Gasteiger charge is 2.24. The van der Waals surface area contributed by atoms with Gasteiger partial charge in [-0.2, -0.15) is 0 Å². The van der Waals surface area contributed by atoms with Crippen molar-refractivity contribution in [2.24, 2.45) is 0 Å². The highest BCUT2D eigenvalue weighted by Crippen LogP contribution is 2.33. The highest BCUT2D eigenvalue weighted by molar-refractivity contribution is 6.13. The lowest BCUT2D eigenvalue weighted by molar-refractivity contribution is 0.650. The number of hydrogen-bond donors (Lipinski definition) is 0. The van der Waals surface area contributed by atoms with Gasteiger partial charge in [0.1, 0.15) is 5.82 Å². The molecule has 0 radical (unpaired) electrons. The summed E-state index contributed by atoms with van der Waals surface area (Å²) in [6.07, 6.45) is 0. The maximum atomic E-state index is 16.9. The van der Waals surface area contributed by atoms with E-state index in [0.717, 1.165) is 0 Å². The Kier molecular flexibility index (Phi) is 3.94. The molecule has 0 unspecified atom stereocenters. The number of aromatic nitrogens is 2. The van der Waals surface area contributed by atoms with Crippen LogP contribution in [0.3, 0.4) is 0 Å². The Balaban J connectivity index is 1.72. The molecule has 192 valence electrons. The number of pyridine rings is 4. The molecule has 6 nitrogen and oxygen atoms in total. The Labute approximate surface area is 227 Å². The van der Waals surface area contributed by atoms with Gasteiger partial charge in [0.15, 0.2) is 21.7 Å². The summed E-state index contributed by atoms with van der Waals surface area (Å²) in [5.74, 6) is -0.927. The van der Waals surface area contributed by atoms with Crippen LogP contribution in [-0.4, -0.2) is 8.80 Å². The van der Waals surface area contributed by atoms with Crippen LogP contribution >= 0.6 is 0 Å². The van der Waals surface area contributed by atoms with Gasteiger partial charge < -0.3 is 8.80 Å². The molecule has 0 spiro atoms. The normalized spacial score (nSPS) is 12.4. The van der Waals surface area contributed by atoms with Gasteiger partial charge in [0.2, 0.25) is 0 Å². The molecule has 0 aliphatic heterocycles. The van der Waals surface area contributed by atoms with Crippen molar-refractivity contribution in [2.75, 3.05) is 0 Å². The van der Waals surface area contributed by atoms with E-state index in [1.165, 1.54) is 0 Å². The Morgan fingerprint density at radius 2 is 0.780 bits per heavy atom. The zero-order chi connectivity index (χ0) is 27.7. The van der Waals surface area contributed by atoms with Gasteiger partial charge in [-0.1, -0.05) is 36.4 Å². The van der Waals surface area contributed by atoms with Crippen LogP contribution in [0.15, 0.2) is 110 Å². The Morgan fingerprint density at radius 3 is 1.22 bits per heavy atom. The molecular formula is C34H15FN2O4. The van der Waals surface area contributed by atoms with Crippen LogP contribution in [0.2, 0.25) is 0 Å². The van der Waals surface area contributed by atoms with E-state index in [1.807, 2.05) is 0 Å². The van der Waals surface area contributed by atoms with Crippen molar-refractivity contribution in [1.29, 1.82) is 0 Å². The quantitative estimate of drug-likeness (QED) is 0.188. The van der Waals surface area contributed by atoms with Crippen LogP contribution in [0.5, 0.6) is 0 Å². The predicted molar refractivity (Wildman–Crippen MR) is 161 cm³/mol. The van der Waals surface area contributed by atoms with Gasteiger partial charge in [0.05, 0.1) is 43.9 Å². The molecule has 0 saturated heterocycles. The van der Waals surface area contributed by atoms with Gasteiger partial charge in [0, 0.05) is 32.3 Å². The SMILES string of the molecule is O=c1c2ccccc2n2c3cc4c(c(F)c3c(=O)c3cccc1c32)c(=O)c1cccc2c(=O)c3ccccc3n4c21. The molecule has 7 heteroatoms. The topological polar surface area (TPSA) is 77.1 Å². The minimum absolute atomic E-state index is 0.191. The van der Waals surface area contributed by atoms with Crippen molar-refractivity contribution in [3.05, 3.63) is 138 Å². The van der Waals surface area contributed by atoms with E-state index in [0.29, 0.717) is 43.6 Å². The van der Waals surface area contributed by atoms with Crippen LogP contribution in [0.4, 0.5) is 4.39 Å². The van der Waals surface area contributed by atoms with Gasteiger partial charge in [-0.25, -0.2) is 4.39 Å². The average molecular weight is 535 g/mol. The van der Waals surface area contributed by atoms with E-state index in [1.54, 1.807) is 99.8 Å². The van der Waals surface area contributed by atoms with Crippen molar-refractivity contribution in [3.63, 3.8) is 0 Å². The summed E-state index contributed by atoms with van der Waals surface area (Å²) in [6.45, 7) is 0. The van der Waals surface area contributed by atoms with Crippen molar-refractivity contribution in [3.8, 4) is 0 Å². The van der Waals surface area contributed by atoms with Crippen molar-refractivity contribution in [1.82, 2.24) is 8.80 Å². The number of rotatable bonds is 0. The Bertz CT molecular complexity index is 2710. The molecule has 0 bridgehead atoms. The zero-order valence-corrected chi connectivity index (χ0v) is 21.1. The van der Waals surface area contributed by atoms with Gasteiger partial charge in [-0.05, 0) is 54.6 Å². The first kappa shape index (κ1) is 22.2. The molecule has 0 aliphatic rings. The molecule has 9 rings (SSSR count). The maximum Gasteiger partial charge on any atom is 0.200 e. The molecule has 4 heterocycles. The standard InChI is InChI=1S/C34H15FN2O4/c35-28-26-24(36-22-13-3-1-7-16(22)31(38)18-9-5-11-20(29(18)36)33(26)40)15-25-27(28)34(41)21-12-6-10-19-30(21)37(25)23-14-4-2-8-17(23)32(19)39/h1-15H. The second-order valence-electron chi connectivity index (χ2n) is 10.4. The number of para-hydroxylation sites is 4. The Morgan fingerprint density at radius 1 is 0.415 bits per heavy atom. The van der Waals surface area contributed by atoms with E-state index in [4.69, 9.17) is 0 Å². The van der Waals surface area contributed by atoms with Crippen LogP contribution in [0.25, 0.3) is 76.2 Å². The molecule has 4 aromatic heterocycles. The average Bonchev–Trinajstić information content (AvgIpc) is 3.00. The van der Waals surface area contributed by atoms with Crippen molar-refractivity contribution >= 4 is 76.2 Å². The third-order valence-corrected chi connectivity index (χ3v) is 8.44. The minimum atomic E-state index is -0.927. The van der Waals surface area contributed by atoms with E-state index in [9.17, 15) is 19.2 Å². The number of nitrogens with zero attached hydrogens (tertiary/aromatic N) is 2.